The van der Waals surface area contributed by atoms with E-state index in [1.54, 1.807) is 11.6 Å². The average Bonchev–Trinajstić information content (AvgIpc) is 3.54. The quantitative estimate of drug-likeness (QED) is 0.149. The van der Waals surface area contributed by atoms with Crippen LogP contribution >= 0.6 is 11.3 Å². The zero-order valence-corrected chi connectivity index (χ0v) is 20.8. The van der Waals surface area contributed by atoms with Crippen molar-refractivity contribution in [2.24, 2.45) is 22.2 Å². The van der Waals surface area contributed by atoms with Crippen molar-refractivity contribution in [2.75, 3.05) is 19.6 Å². The van der Waals surface area contributed by atoms with Gasteiger partial charge in [-0.05, 0) is 37.7 Å². The maximum absolute atomic E-state index is 13.6. The maximum Gasteiger partial charge on any atom is 0.258 e. The maximum atomic E-state index is 13.6. The Morgan fingerprint density at radius 1 is 1.25 bits per heavy atom. The summed E-state index contributed by atoms with van der Waals surface area (Å²) in [6.45, 7) is 1.48. The Balaban J connectivity index is 1.47. The Morgan fingerprint density at radius 2 is 2.03 bits per heavy atom. The van der Waals surface area contributed by atoms with Crippen LogP contribution in [0, 0.1) is 0 Å². The van der Waals surface area contributed by atoms with Crippen molar-refractivity contribution in [3.05, 3.63) is 52.5 Å². The number of nitrogens with two attached hydrogens (primary N) is 3. The normalized spacial score (nSPS) is 22.6. The van der Waals surface area contributed by atoms with Gasteiger partial charge in [0.1, 0.15) is 11.6 Å². The van der Waals surface area contributed by atoms with E-state index in [2.05, 4.69) is 15.3 Å². The Hall–Kier alpha value is -3.35. The molecule has 12 heteroatoms. The molecule has 4 rings (SSSR count). The number of nitrogens with one attached hydrogen (secondary N) is 1. The third kappa shape index (κ3) is 5.72. The summed E-state index contributed by atoms with van der Waals surface area (Å²) in [5.74, 6) is -0.963. The van der Waals surface area contributed by atoms with E-state index in [0.29, 0.717) is 56.7 Å². The molecule has 2 aliphatic rings. The summed E-state index contributed by atoms with van der Waals surface area (Å²) in [6, 6.07) is 8.09. The van der Waals surface area contributed by atoms with E-state index in [4.69, 9.17) is 17.2 Å². The van der Waals surface area contributed by atoms with Crippen molar-refractivity contribution >= 4 is 34.9 Å². The van der Waals surface area contributed by atoms with Crippen molar-refractivity contribution in [1.29, 1.82) is 0 Å². The molecule has 3 atom stereocenters. The van der Waals surface area contributed by atoms with Crippen molar-refractivity contribution < 1.29 is 14.4 Å². The summed E-state index contributed by atoms with van der Waals surface area (Å²) in [4.78, 5) is 48.1. The van der Waals surface area contributed by atoms with Crippen LogP contribution in [-0.4, -0.2) is 75.8 Å². The molecule has 2 fully saturated rings. The number of carbonyl (C=O) groups excluding carboxylic acids is 3. The molecule has 0 aliphatic carbocycles. The monoisotopic (exact) mass is 512 g/mol. The van der Waals surface area contributed by atoms with Crippen LogP contribution in [0.2, 0.25) is 0 Å². The second-order valence-electron chi connectivity index (χ2n) is 9.19. The smallest absolute Gasteiger partial charge is 0.258 e. The van der Waals surface area contributed by atoms with Gasteiger partial charge in [-0.2, -0.15) is 0 Å². The first-order valence-corrected chi connectivity index (χ1v) is 12.9. The van der Waals surface area contributed by atoms with Gasteiger partial charge in [0.05, 0.1) is 6.04 Å². The first-order valence-electron chi connectivity index (χ1n) is 12.0. The SMILES string of the molecule is NC(N)=NCCC[C@H](NC(=O)[C@@H]1CCN2CC[C@@](N)(Cc3ccccc3)C(=O)N12)C(=O)c1nccs1. The molecule has 1 aromatic heterocycles. The van der Waals surface area contributed by atoms with Gasteiger partial charge in [0, 0.05) is 31.2 Å². The van der Waals surface area contributed by atoms with Gasteiger partial charge in [-0.25, -0.2) is 9.99 Å². The zero-order valence-electron chi connectivity index (χ0n) is 20.0. The Kier molecular flexibility index (Phi) is 7.97. The Bertz CT molecular complexity index is 1110. The fourth-order valence-electron chi connectivity index (χ4n) is 4.75. The number of Topliss-reactive ketones (excluding diaryl/α,β-unsaturated/α-hetero) is 1. The first kappa shape index (κ1) is 25.7. The minimum atomic E-state index is -1.10. The molecule has 0 radical (unpaired) electrons. The predicted molar refractivity (Wildman–Crippen MR) is 137 cm³/mol. The number of carbonyl (C=O) groups is 3. The molecular formula is C24H32N8O3S. The summed E-state index contributed by atoms with van der Waals surface area (Å²) in [7, 11) is 0. The number of benzene rings is 1. The van der Waals surface area contributed by atoms with Crippen LogP contribution < -0.4 is 22.5 Å². The Morgan fingerprint density at radius 3 is 2.72 bits per heavy atom. The summed E-state index contributed by atoms with van der Waals surface area (Å²) in [6.07, 6.45) is 3.72. The number of hydrogen-bond donors (Lipinski definition) is 4. The Labute approximate surface area is 213 Å². The van der Waals surface area contributed by atoms with Crippen LogP contribution in [0.3, 0.4) is 0 Å². The molecule has 0 spiro atoms. The number of aliphatic imine (C=N–C) groups is 1. The molecule has 2 amide bonds. The molecule has 2 aliphatic heterocycles. The van der Waals surface area contributed by atoms with Gasteiger partial charge in [0.25, 0.3) is 5.91 Å². The minimum absolute atomic E-state index is 0.0303. The topological polar surface area (TPSA) is 173 Å². The molecule has 192 valence electrons. The number of thiazole rings is 1. The summed E-state index contributed by atoms with van der Waals surface area (Å²) < 4.78 is 0. The third-order valence-corrected chi connectivity index (χ3v) is 7.38. The van der Waals surface area contributed by atoms with Crippen LogP contribution in [0.5, 0.6) is 0 Å². The summed E-state index contributed by atoms with van der Waals surface area (Å²) in [5.41, 5.74) is 17.3. The average molecular weight is 513 g/mol. The van der Waals surface area contributed by atoms with Gasteiger partial charge < -0.3 is 22.5 Å². The van der Waals surface area contributed by atoms with E-state index in [9.17, 15) is 14.4 Å². The lowest BCUT2D eigenvalue weighted by Gasteiger charge is -2.44. The van der Waals surface area contributed by atoms with E-state index in [-0.39, 0.29) is 23.6 Å². The van der Waals surface area contributed by atoms with Gasteiger partial charge in [-0.3, -0.25) is 24.4 Å². The number of nitrogens with zero attached hydrogens (tertiary/aromatic N) is 4. The number of ketones is 1. The second-order valence-corrected chi connectivity index (χ2v) is 10.1. The number of aromatic nitrogens is 1. The number of hydrazine groups is 1. The highest BCUT2D eigenvalue weighted by Gasteiger charge is 2.51. The molecule has 36 heavy (non-hydrogen) atoms. The summed E-state index contributed by atoms with van der Waals surface area (Å²) in [5, 5.41) is 8.29. The molecular weight excluding hydrogens is 480 g/mol. The molecule has 2 aromatic rings. The number of hydrogen-bond acceptors (Lipinski definition) is 8. The van der Waals surface area contributed by atoms with Gasteiger partial charge in [-0.1, -0.05) is 30.3 Å². The van der Waals surface area contributed by atoms with Crippen LogP contribution in [0.1, 0.15) is 41.0 Å². The molecule has 11 nitrogen and oxygen atoms in total. The van der Waals surface area contributed by atoms with Crippen molar-refractivity contribution in [1.82, 2.24) is 20.3 Å². The highest BCUT2D eigenvalue weighted by molar-refractivity contribution is 7.11. The van der Waals surface area contributed by atoms with Crippen molar-refractivity contribution in [3.63, 3.8) is 0 Å². The van der Waals surface area contributed by atoms with Gasteiger partial charge >= 0.3 is 0 Å². The zero-order chi connectivity index (χ0) is 25.7. The molecule has 3 heterocycles. The highest BCUT2D eigenvalue weighted by atomic mass is 32.1. The fraction of sp³-hybridized carbons (Fsp3) is 0.458. The summed E-state index contributed by atoms with van der Waals surface area (Å²) >= 11 is 1.21. The van der Waals surface area contributed by atoms with E-state index in [0.717, 1.165) is 5.56 Å². The number of fused-ring (bicyclic) bond motifs is 1. The van der Waals surface area contributed by atoms with Crippen molar-refractivity contribution in [2.45, 2.75) is 49.7 Å². The van der Waals surface area contributed by atoms with Crippen LogP contribution in [0.25, 0.3) is 0 Å². The third-order valence-electron chi connectivity index (χ3n) is 6.60. The molecule has 2 saturated heterocycles. The predicted octanol–water partition coefficient (Wildman–Crippen LogP) is 0.0260. The molecule has 0 bridgehead atoms. The lowest BCUT2D eigenvalue weighted by Crippen LogP contribution is -2.67. The lowest BCUT2D eigenvalue weighted by molar-refractivity contribution is -0.165. The highest BCUT2D eigenvalue weighted by Crippen LogP contribution is 2.31. The number of amides is 2. The van der Waals surface area contributed by atoms with E-state index < -0.39 is 17.6 Å². The van der Waals surface area contributed by atoms with Crippen LogP contribution in [0.15, 0.2) is 46.9 Å². The van der Waals surface area contributed by atoms with Gasteiger partial charge in [0.15, 0.2) is 11.0 Å². The largest absolute Gasteiger partial charge is 0.370 e. The van der Waals surface area contributed by atoms with E-state index in [1.807, 2.05) is 35.3 Å². The fourth-order valence-corrected chi connectivity index (χ4v) is 5.38. The number of rotatable bonds is 10. The van der Waals surface area contributed by atoms with Gasteiger partial charge in [0.2, 0.25) is 11.7 Å². The minimum Gasteiger partial charge on any atom is -0.370 e. The number of guanidine groups is 1. The molecule has 0 saturated carbocycles. The van der Waals surface area contributed by atoms with Gasteiger partial charge in [-0.15, -0.1) is 11.3 Å². The van der Waals surface area contributed by atoms with Crippen LogP contribution in [0.4, 0.5) is 0 Å². The molecule has 1 aromatic carbocycles. The van der Waals surface area contributed by atoms with E-state index in [1.165, 1.54) is 16.3 Å². The molecule has 7 N–H and O–H groups in total. The first-order chi connectivity index (χ1) is 17.3. The molecule has 0 unspecified atom stereocenters. The second kappa shape index (κ2) is 11.1. The van der Waals surface area contributed by atoms with Crippen LogP contribution in [-0.2, 0) is 16.0 Å². The van der Waals surface area contributed by atoms with E-state index >= 15 is 0 Å². The lowest BCUT2D eigenvalue weighted by atomic mass is 9.85. The standard InChI is InChI=1S/C24H32N8O3S/c25-23(26)29-10-4-7-17(19(33)21-28-11-14-36-21)30-20(34)18-8-12-31-13-9-24(27,22(35)32(18)31)15-16-5-2-1-3-6-16/h1-3,5-6,11,14,17-18H,4,7-10,12-13,15,27H2,(H,30,34)(H4,25,26,29)/t17-,18-,24+/m0/s1. The van der Waals surface area contributed by atoms with Crippen molar-refractivity contribution in [3.8, 4) is 0 Å².